The molecule has 0 heterocycles. The number of rotatable bonds is 2. The smallest absolute Gasteiger partial charge is 0.271 e. The fraction of sp³-hybridized carbons (Fsp3) is 0.0667. The largest absolute Gasteiger partial charge is 0.398 e. The van der Waals surface area contributed by atoms with E-state index in [9.17, 15) is 9.59 Å². The highest BCUT2D eigenvalue weighted by atomic mass is 16.2. The third-order valence-electron chi connectivity index (χ3n) is 2.81. The molecule has 2 rings (SSSR count). The molecule has 0 bridgehead atoms. The van der Waals surface area contributed by atoms with Crippen molar-refractivity contribution in [3.8, 4) is 0 Å². The predicted octanol–water partition coefficient (Wildman–Crippen LogP) is 1.65. The first kappa shape index (κ1) is 13.6. The second-order valence-corrected chi connectivity index (χ2v) is 4.36. The average Bonchev–Trinajstić information content (AvgIpc) is 2.45. The van der Waals surface area contributed by atoms with Gasteiger partial charge in [-0.25, -0.2) is 0 Å². The zero-order chi connectivity index (χ0) is 14.5. The van der Waals surface area contributed by atoms with E-state index >= 15 is 0 Å². The Labute approximate surface area is 116 Å². The monoisotopic (exact) mass is 269 g/mol. The van der Waals surface area contributed by atoms with Crippen molar-refractivity contribution < 1.29 is 9.59 Å². The van der Waals surface area contributed by atoms with Crippen LogP contribution < -0.4 is 16.6 Å². The Bertz CT molecular complexity index is 636. The Hall–Kier alpha value is -2.82. The number of para-hydroxylation sites is 1. The first-order valence-corrected chi connectivity index (χ1v) is 6.10. The molecule has 0 aliphatic carbocycles. The second-order valence-electron chi connectivity index (χ2n) is 4.36. The molecule has 0 saturated heterocycles. The van der Waals surface area contributed by atoms with E-state index in [1.54, 1.807) is 36.4 Å². The third kappa shape index (κ3) is 3.14. The number of hydrogen-bond donors (Lipinski definition) is 3. The Morgan fingerprint density at radius 1 is 0.900 bits per heavy atom. The molecule has 0 fully saturated rings. The van der Waals surface area contributed by atoms with Gasteiger partial charge in [-0.2, -0.15) is 0 Å². The average molecular weight is 269 g/mol. The molecule has 0 atom stereocenters. The van der Waals surface area contributed by atoms with E-state index in [4.69, 9.17) is 5.73 Å². The van der Waals surface area contributed by atoms with Gasteiger partial charge >= 0.3 is 0 Å². The minimum absolute atomic E-state index is 0.316. The molecule has 5 heteroatoms. The lowest BCUT2D eigenvalue weighted by Crippen LogP contribution is -2.41. The Balaban J connectivity index is 1.99. The highest BCUT2D eigenvalue weighted by Crippen LogP contribution is 2.09. The van der Waals surface area contributed by atoms with E-state index in [0.29, 0.717) is 16.8 Å². The number of carbonyl (C=O) groups excluding carboxylic acids is 2. The molecule has 0 saturated carbocycles. The molecule has 0 aliphatic heterocycles. The van der Waals surface area contributed by atoms with Crippen LogP contribution in [0.1, 0.15) is 26.3 Å². The first-order chi connectivity index (χ1) is 9.58. The maximum atomic E-state index is 11.8. The first-order valence-electron chi connectivity index (χ1n) is 6.10. The molecule has 2 amide bonds. The van der Waals surface area contributed by atoms with E-state index in [1.807, 2.05) is 19.1 Å². The van der Waals surface area contributed by atoms with Crippen molar-refractivity contribution in [2.24, 2.45) is 0 Å². The molecular weight excluding hydrogens is 254 g/mol. The minimum Gasteiger partial charge on any atom is -0.398 e. The Kier molecular flexibility index (Phi) is 4.00. The van der Waals surface area contributed by atoms with Crippen LogP contribution in [0, 0.1) is 6.92 Å². The van der Waals surface area contributed by atoms with Crippen LogP contribution in [-0.2, 0) is 0 Å². The molecule has 0 spiro atoms. The highest BCUT2D eigenvalue weighted by Gasteiger charge is 2.10. The summed E-state index contributed by atoms with van der Waals surface area (Å²) in [5.74, 6) is -0.837. The summed E-state index contributed by atoms with van der Waals surface area (Å²) in [5.41, 5.74) is 12.6. The number of nitrogens with one attached hydrogen (secondary N) is 2. The van der Waals surface area contributed by atoms with Gasteiger partial charge in [0.15, 0.2) is 0 Å². The summed E-state index contributed by atoms with van der Waals surface area (Å²) in [6, 6.07) is 13.7. The van der Waals surface area contributed by atoms with Crippen LogP contribution in [0.15, 0.2) is 48.5 Å². The van der Waals surface area contributed by atoms with Gasteiger partial charge < -0.3 is 5.73 Å². The van der Waals surface area contributed by atoms with Gasteiger partial charge in [0.2, 0.25) is 0 Å². The van der Waals surface area contributed by atoms with E-state index in [-0.39, 0.29) is 5.91 Å². The second kappa shape index (κ2) is 5.88. The molecule has 0 unspecified atom stereocenters. The minimum atomic E-state index is -0.455. The molecule has 102 valence electrons. The van der Waals surface area contributed by atoms with E-state index in [0.717, 1.165) is 5.56 Å². The summed E-state index contributed by atoms with van der Waals surface area (Å²) >= 11 is 0. The zero-order valence-electron chi connectivity index (χ0n) is 11.0. The van der Waals surface area contributed by atoms with Crippen molar-refractivity contribution in [3.05, 3.63) is 65.2 Å². The van der Waals surface area contributed by atoms with Gasteiger partial charge in [0, 0.05) is 11.3 Å². The van der Waals surface area contributed by atoms with Crippen molar-refractivity contribution in [3.63, 3.8) is 0 Å². The highest BCUT2D eigenvalue weighted by molar-refractivity contribution is 6.01. The van der Waals surface area contributed by atoms with E-state index < -0.39 is 5.91 Å². The summed E-state index contributed by atoms with van der Waals surface area (Å²) < 4.78 is 0. The van der Waals surface area contributed by atoms with Crippen LogP contribution in [0.5, 0.6) is 0 Å². The number of nitrogen functional groups attached to an aromatic ring is 1. The molecule has 0 radical (unpaired) electrons. The van der Waals surface area contributed by atoms with Gasteiger partial charge in [-0.3, -0.25) is 20.4 Å². The number of hydrogen-bond acceptors (Lipinski definition) is 3. The van der Waals surface area contributed by atoms with Gasteiger partial charge in [0.05, 0.1) is 5.56 Å². The maximum absolute atomic E-state index is 11.8. The van der Waals surface area contributed by atoms with Gasteiger partial charge in [-0.1, -0.05) is 29.8 Å². The summed E-state index contributed by atoms with van der Waals surface area (Å²) in [5, 5.41) is 0. The maximum Gasteiger partial charge on any atom is 0.271 e. The fourth-order valence-electron chi connectivity index (χ4n) is 1.66. The van der Waals surface area contributed by atoms with Crippen molar-refractivity contribution in [2.75, 3.05) is 5.73 Å². The van der Waals surface area contributed by atoms with Crippen LogP contribution in [0.2, 0.25) is 0 Å². The van der Waals surface area contributed by atoms with Crippen LogP contribution in [0.3, 0.4) is 0 Å². The predicted molar refractivity (Wildman–Crippen MR) is 77.0 cm³/mol. The van der Waals surface area contributed by atoms with Crippen LogP contribution in [0.4, 0.5) is 5.69 Å². The van der Waals surface area contributed by atoms with Gasteiger partial charge in [-0.15, -0.1) is 0 Å². The number of aryl methyl sites for hydroxylation is 1. The number of nitrogens with two attached hydrogens (primary N) is 1. The van der Waals surface area contributed by atoms with Crippen molar-refractivity contribution in [2.45, 2.75) is 6.92 Å². The van der Waals surface area contributed by atoms with Crippen molar-refractivity contribution >= 4 is 17.5 Å². The molecule has 4 N–H and O–H groups in total. The standard InChI is InChI=1S/C15H15N3O2/c1-10-6-8-11(9-7-10)14(19)17-18-15(20)12-4-2-3-5-13(12)16/h2-9H,16H2,1H3,(H,17,19)(H,18,20). The van der Waals surface area contributed by atoms with E-state index in [2.05, 4.69) is 10.9 Å². The summed E-state index contributed by atoms with van der Waals surface area (Å²) in [7, 11) is 0. The Morgan fingerprint density at radius 3 is 2.15 bits per heavy atom. The molecule has 20 heavy (non-hydrogen) atoms. The lowest BCUT2D eigenvalue weighted by atomic mass is 10.1. The zero-order valence-corrected chi connectivity index (χ0v) is 11.0. The molecule has 5 nitrogen and oxygen atoms in total. The molecule has 2 aromatic carbocycles. The lowest BCUT2D eigenvalue weighted by molar-refractivity contribution is 0.0847. The number of benzene rings is 2. The summed E-state index contributed by atoms with van der Waals surface area (Å²) in [6.45, 7) is 1.93. The van der Waals surface area contributed by atoms with E-state index in [1.165, 1.54) is 0 Å². The lowest BCUT2D eigenvalue weighted by Gasteiger charge is -2.09. The summed E-state index contributed by atoms with van der Waals surface area (Å²) in [6.07, 6.45) is 0. The van der Waals surface area contributed by atoms with Gasteiger partial charge in [0.25, 0.3) is 11.8 Å². The molecule has 2 aromatic rings. The quantitative estimate of drug-likeness (QED) is 0.572. The fourth-order valence-corrected chi connectivity index (χ4v) is 1.66. The van der Waals surface area contributed by atoms with Crippen molar-refractivity contribution in [1.29, 1.82) is 0 Å². The topological polar surface area (TPSA) is 84.2 Å². The number of anilines is 1. The molecule has 0 aliphatic rings. The van der Waals surface area contributed by atoms with Crippen LogP contribution >= 0.6 is 0 Å². The van der Waals surface area contributed by atoms with Crippen LogP contribution in [-0.4, -0.2) is 11.8 Å². The molecule has 0 aromatic heterocycles. The van der Waals surface area contributed by atoms with Crippen molar-refractivity contribution in [1.82, 2.24) is 10.9 Å². The van der Waals surface area contributed by atoms with Gasteiger partial charge in [0.1, 0.15) is 0 Å². The normalized spacial score (nSPS) is 9.85. The molecular formula is C15H15N3O2. The van der Waals surface area contributed by atoms with Crippen LogP contribution in [0.25, 0.3) is 0 Å². The number of hydrazine groups is 1. The third-order valence-corrected chi connectivity index (χ3v) is 2.81. The Morgan fingerprint density at radius 2 is 1.50 bits per heavy atom. The SMILES string of the molecule is Cc1ccc(C(=O)NNC(=O)c2ccccc2N)cc1. The number of carbonyl (C=O) groups is 2. The van der Waals surface area contributed by atoms with Gasteiger partial charge in [-0.05, 0) is 31.2 Å². The number of amides is 2. The summed E-state index contributed by atoms with van der Waals surface area (Å²) in [4.78, 5) is 23.7.